The summed E-state index contributed by atoms with van der Waals surface area (Å²) in [5.74, 6) is 0.664. The van der Waals surface area contributed by atoms with E-state index in [-0.39, 0.29) is 0 Å². The van der Waals surface area contributed by atoms with E-state index >= 15 is 0 Å². The molecule has 1 heteroatoms. The van der Waals surface area contributed by atoms with Crippen LogP contribution in [-0.4, -0.2) is 0 Å². The van der Waals surface area contributed by atoms with Crippen LogP contribution in [0.5, 0.6) is 0 Å². The average Bonchev–Trinajstić information content (AvgIpc) is 2.35. The summed E-state index contributed by atoms with van der Waals surface area (Å²) >= 11 is 0. The minimum absolute atomic E-state index is 0.480. The lowest BCUT2D eigenvalue weighted by molar-refractivity contribution is 0.610. The first-order valence-corrected chi connectivity index (χ1v) is 3.23. The maximum Gasteiger partial charge on any atom is 0.0908 e. The highest BCUT2D eigenvalue weighted by Crippen LogP contribution is 2.52. The minimum Gasteiger partial charge on any atom is -0.193 e. The lowest BCUT2D eigenvalue weighted by Gasteiger charge is -1.93. The number of nitrogens with zero attached hydrogens (tertiary/aromatic N) is 1. The summed E-state index contributed by atoms with van der Waals surface area (Å²) in [6, 6.07) is 2.00. The highest BCUT2D eigenvalue weighted by Gasteiger charge is 2.43. The first-order chi connectivity index (χ1) is 4.17. The zero-order valence-corrected chi connectivity index (χ0v) is 5.89. The predicted molar refractivity (Wildman–Crippen MR) is 36.6 cm³/mol. The van der Waals surface area contributed by atoms with Gasteiger partial charge in [0, 0.05) is 6.08 Å². The number of hydrogen-bond acceptors (Lipinski definition) is 1. The number of rotatable bonds is 1. The third-order valence-corrected chi connectivity index (χ3v) is 1.99. The molecule has 0 aliphatic heterocycles. The Morgan fingerprint density at radius 3 is 2.56 bits per heavy atom. The van der Waals surface area contributed by atoms with E-state index in [2.05, 4.69) is 13.8 Å². The summed E-state index contributed by atoms with van der Waals surface area (Å²) in [5.41, 5.74) is 0.480. The van der Waals surface area contributed by atoms with Crippen molar-refractivity contribution in [3.05, 3.63) is 12.2 Å². The van der Waals surface area contributed by atoms with Crippen LogP contribution in [0.3, 0.4) is 0 Å². The maximum absolute atomic E-state index is 8.18. The molecular formula is C8H11N. The average molecular weight is 121 g/mol. The molecule has 0 aromatic rings. The van der Waals surface area contributed by atoms with Crippen LogP contribution in [0.25, 0.3) is 0 Å². The second-order valence-corrected chi connectivity index (χ2v) is 3.29. The van der Waals surface area contributed by atoms with Crippen LogP contribution >= 0.6 is 0 Å². The highest BCUT2D eigenvalue weighted by atomic mass is 14.5. The van der Waals surface area contributed by atoms with E-state index in [0.717, 1.165) is 0 Å². The molecule has 0 spiro atoms. The Balaban J connectivity index is 2.38. The first kappa shape index (κ1) is 6.35. The van der Waals surface area contributed by atoms with Gasteiger partial charge in [-0.25, -0.2) is 0 Å². The Morgan fingerprint density at radius 1 is 1.67 bits per heavy atom. The van der Waals surface area contributed by atoms with Crippen molar-refractivity contribution in [2.75, 3.05) is 0 Å². The van der Waals surface area contributed by atoms with Gasteiger partial charge in [-0.15, -0.1) is 0 Å². The Kier molecular flexibility index (Phi) is 1.32. The van der Waals surface area contributed by atoms with Crippen molar-refractivity contribution < 1.29 is 0 Å². The summed E-state index contributed by atoms with van der Waals surface area (Å²) < 4.78 is 0. The van der Waals surface area contributed by atoms with E-state index < -0.39 is 0 Å². The summed E-state index contributed by atoms with van der Waals surface area (Å²) in [6.07, 6.45) is 4.82. The molecule has 0 saturated heterocycles. The van der Waals surface area contributed by atoms with Crippen molar-refractivity contribution in [2.45, 2.75) is 20.3 Å². The van der Waals surface area contributed by atoms with E-state index in [1.807, 2.05) is 12.1 Å². The highest BCUT2D eigenvalue weighted by molar-refractivity contribution is 5.13. The molecule has 1 unspecified atom stereocenters. The fourth-order valence-corrected chi connectivity index (χ4v) is 0.996. The van der Waals surface area contributed by atoms with Crippen LogP contribution in [0.4, 0.5) is 0 Å². The Hall–Kier alpha value is -0.770. The zero-order valence-electron chi connectivity index (χ0n) is 5.89. The van der Waals surface area contributed by atoms with Gasteiger partial charge in [0.25, 0.3) is 0 Å². The van der Waals surface area contributed by atoms with Gasteiger partial charge < -0.3 is 0 Å². The second kappa shape index (κ2) is 1.88. The smallest absolute Gasteiger partial charge is 0.0908 e. The number of allylic oxidation sites excluding steroid dienone is 2. The Morgan fingerprint density at radius 2 is 2.22 bits per heavy atom. The van der Waals surface area contributed by atoms with Gasteiger partial charge in [-0.3, -0.25) is 0 Å². The van der Waals surface area contributed by atoms with Crippen molar-refractivity contribution in [3.63, 3.8) is 0 Å². The summed E-state index contributed by atoms with van der Waals surface area (Å²) in [5, 5.41) is 8.18. The molecule has 1 fully saturated rings. The van der Waals surface area contributed by atoms with Crippen LogP contribution < -0.4 is 0 Å². The molecule has 0 radical (unpaired) electrons. The zero-order chi connectivity index (χ0) is 6.91. The second-order valence-electron chi connectivity index (χ2n) is 3.29. The topological polar surface area (TPSA) is 23.8 Å². The van der Waals surface area contributed by atoms with Crippen LogP contribution in [0.1, 0.15) is 20.3 Å². The Labute approximate surface area is 56.0 Å². The molecule has 1 saturated carbocycles. The molecule has 0 amide bonds. The predicted octanol–water partition coefficient (Wildman–Crippen LogP) is 2.11. The molecule has 1 atom stereocenters. The normalized spacial score (nSPS) is 30.1. The summed E-state index contributed by atoms with van der Waals surface area (Å²) in [7, 11) is 0. The number of nitriles is 1. The van der Waals surface area contributed by atoms with Gasteiger partial charge in [0.05, 0.1) is 6.07 Å². The standard InChI is InChI=1S/C8H11N/c1-8(2)6-7(8)4-3-5-9/h3-4,7H,6H2,1-2H3. The Bertz CT molecular complexity index is 171. The summed E-state index contributed by atoms with van der Waals surface area (Å²) in [4.78, 5) is 0. The SMILES string of the molecule is CC1(C)CC1C=CC#N. The van der Waals surface area contributed by atoms with Gasteiger partial charge in [-0.1, -0.05) is 19.9 Å². The fraction of sp³-hybridized carbons (Fsp3) is 0.625. The van der Waals surface area contributed by atoms with E-state index in [4.69, 9.17) is 5.26 Å². The molecule has 9 heavy (non-hydrogen) atoms. The van der Waals surface area contributed by atoms with Crippen LogP contribution in [0.2, 0.25) is 0 Å². The molecule has 0 heterocycles. The molecule has 1 aliphatic rings. The largest absolute Gasteiger partial charge is 0.193 e. The maximum atomic E-state index is 8.18. The first-order valence-electron chi connectivity index (χ1n) is 3.23. The third kappa shape index (κ3) is 1.32. The molecule has 0 aromatic heterocycles. The van der Waals surface area contributed by atoms with Crippen molar-refractivity contribution in [3.8, 4) is 6.07 Å². The molecule has 1 rings (SSSR count). The molecule has 1 aliphatic carbocycles. The third-order valence-electron chi connectivity index (χ3n) is 1.99. The molecule has 48 valence electrons. The lowest BCUT2D eigenvalue weighted by atomic mass is 10.1. The van der Waals surface area contributed by atoms with Crippen molar-refractivity contribution >= 4 is 0 Å². The van der Waals surface area contributed by atoms with Crippen LogP contribution in [-0.2, 0) is 0 Å². The van der Waals surface area contributed by atoms with Gasteiger partial charge in [-0.05, 0) is 17.8 Å². The van der Waals surface area contributed by atoms with E-state index in [9.17, 15) is 0 Å². The molecule has 0 aromatic carbocycles. The van der Waals surface area contributed by atoms with Crippen LogP contribution in [0, 0.1) is 22.7 Å². The van der Waals surface area contributed by atoms with Crippen LogP contribution in [0.15, 0.2) is 12.2 Å². The molecular weight excluding hydrogens is 110 g/mol. The van der Waals surface area contributed by atoms with Gasteiger partial charge in [0.2, 0.25) is 0 Å². The molecule has 1 nitrogen and oxygen atoms in total. The van der Waals surface area contributed by atoms with E-state index in [1.165, 1.54) is 6.42 Å². The fourth-order valence-electron chi connectivity index (χ4n) is 0.996. The van der Waals surface area contributed by atoms with E-state index in [1.54, 1.807) is 6.08 Å². The van der Waals surface area contributed by atoms with Crippen molar-refractivity contribution in [1.82, 2.24) is 0 Å². The number of hydrogen-bond donors (Lipinski definition) is 0. The molecule has 0 N–H and O–H groups in total. The monoisotopic (exact) mass is 121 g/mol. The quantitative estimate of drug-likeness (QED) is 0.487. The van der Waals surface area contributed by atoms with Gasteiger partial charge >= 0.3 is 0 Å². The van der Waals surface area contributed by atoms with Gasteiger partial charge in [0.1, 0.15) is 0 Å². The molecule has 0 bridgehead atoms. The van der Waals surface area contributed by atoms with Crippen molar-refractivity contribution in [2.24, 2.45) is 11.3 Å². The van der Waals surface area contributed by atoms with Gasteiger partial charge in [0.15, 0.2) is 0 Å². The lowest BCUT2D eigenvalue weighted by Crippen LogP contribution is -1.84. The van der Waals surface area contributed by atoms with Gasteiger partial charge in [-0.2, -0.15) is 5.26 Å². The minimum atomic E-state index is 0.480. The van der Waals surface area contributed by atoms with Crippen molar-refractivity contribution in [1.29, 1.82) is 5.26 Å². The van der Waals surface area contributed by atoms with E-state index in [0.29, 0.717) is 11.3 Å². The summed E-state index contributed by atoms with van der Waals surface area (Å²) in [6.45, 7) is 4.44.